The third kappa shape index (κ3) is 2.21. The Labute approximate surface area is 81.1 Å². The van der Waals surface area contributed by atoms with Crippen LogP contribution in [-0.4, -0.2) is 52.0 Å². The van der Waals surface area contributed by atoms with Crippen molar-refractivity contribution in [3.63, 3.8) is 0 Å². The minimum atomic E-state index is -1.41. The molecule has 0 aromatic heterocycles. The lowest BCUT2D eigenvalue weighted by Gasteiger charge is -2.38. The normalized spacial score (nSPS) is 43.4. The molecule has 0 amide bonds. The number of hydrogen-bond acceptors (Lipinski definition) is 6. The Bertz CT molecular complexity index is 218. The van der Waals surface area contributed by atoms with Gasteiger partial charge in [0.25, 0.3) is 0 Å². The number of rotatable bonds is 1. The molecule has 0 aromatic rings. The molecule has 1 rings (SSSR count). The molecule has 5 atom stereocenters. The van der Waals surface area contributed by atoms with E-state index in [1.165, 1.54) is 6.92 Å². The van der Waals surface area contributed by atoms with Crippen molar-refractivity contribution in [1.82, 2.24) is 0 Å². The maximum atomic E-state index is 10.6. The van der Waals surface area contributed by atoms with Crippen LogP contribution in [0.4, 0.5) is 0 Å². The van der Waals surface area contributed by atoms with Gasteiger partial charge in [0, 0.05) is 6.92 Å². The van der Waals surface area contributed by atoms with Gasteiger partial charge < -0.3 is 24.8 Å². The smallest absolute Gasteiger partial charge is 0.303 e. The van der Waals surface area contributed by atoms with E-state index in [1.54, 1.807) is 0 Å². The molecular formula is C8H14O6. The second-order valence-electron chi connectivity index (χ2n) is 3.29. The number of aliphatic hydroxyl groups excluding tert-OH is 3. The molecule has 0 spiro atoms. The second-order valence-corrected chi connectivity index (χ2v) is 3.29. The quantitative estimate of drug-likeness (QED) is 0.446. The standard InChI is InChI=1S/C8H14O6/c1-3-5(10)6(11)7(8(12)13-3)14-4(2)9/h3,5-8,10-12H,1-2H3/t3-,5+,6+,7+,8?/m1/s1. The molecule has 14 heavy (non-hydrogen) atoms. The fraction of sp³-hybridized carbons (Fsp3) is 0.875. The predicted octanol–water partition coefficient (Wildman–Crippen LogP) is -1.62. The number of carbonyl (C=O) groups is 1. The van der Waals surface area contributed by atoms with Gasteiger partial charge in [0.15, 0.2) is 12.4 Å². The van der Waals surface area contributed by atoms with Gasteiger partial charge in [-0.3, -0.25) is 4.79 Å². The molecular weight excluding hydrogens is 192 g/mol. The summed E-state index contributed by atoms with van der Waals surface area (Å²) in [5, 5.41) is 28.1. The van der Waals surface area contributed by atoms with E-state index in [9.17, 15) is 20.1 Å². The Hall–Kier alpha value is -0.690. The largest absolute Gasteiger partial charge is 0.454 e. The lowest BCUT2D eigenvalue weighted by Crippen LogP contribution is -2.57. The minimum absolute atomic E-state index is 0.654. The molecule has 3 N–H and O–H groups in total. The van der Waals surface area contributed by atoms with Crippen LogP contribution in [0.3, 0.4) is 0 Å². The van der Waals surface area contributed by atoms with Gasteiger partial charge >= 0.3 is 5.97 Å². The van der Waals surface area contributed by atoms with Crippen molar-refractivity contribution in [3.05, 3.63) is 0 Å². The van der Waals surface area contributed by atoms with E-state index in [1.807, 2.05) is 0 Å². The van der Waals surface area contributed by atoms with Crippen LogP contribution in [0.15, 0.2) is 0 Å². The number of ether oxygens (including phenoxy) is 2. The van der Waals surface area contributed by atoms with Crippen LogP contribution in [-0.2, 0) is 14.3 Å². The van der Waals surface area contributed by atoms with Crippen molar-refractivity contribution < 1.29 is 29.6 Å². The van der Waals surface area contributed by atoms with E-state index in [4.69, 9.17) is 4.74 Å². The molecule has 0 aliphatic carbocycles. The summed E-state index contributed by atoms with van der Waals surface area (Å²) in [7, 11) is 0. The summed E-state index contributed by atoms with van der Waals surface area (Å²) < 4.78 is 9.46. The molecule has 1 heterocycles. The fourth-order valence-electron chi connectivity index (χ4n) is 1.34. The van der Waals surface area contributed by atoms with Crippen LogP contribution in [0.25, 0.3) is 0 Å². The van der Waals surface area contributed by atoms with Crippen molar-refractivity contribution in [3.8, 4) is 0 Å². The predicted molar refractivity (Wildman–Crippen MR) is 44.1 cm³/mol. The second kappa shape index (κ2) is 4.22. The Kier molecular flexibility index (Phi) is 3.43. The van der Waals surface area contributed by atoms with Crippen LogP contribution < -0.4 is 0 Å². The zero-order valence-electron chi connectivity index (χ0n) is 7.95. The van der Waals surface area contributed by atoms with Crippen molar-refractivity contribution >= 4 is 5.97 Å². The highest BCUT2D eigenvalue weighted by Gasteiger charge is 2.43. The van der Waals surface area contributed by atoms with Crippen LogP contribution in [0.2, 0.25) is 0 Å². The van der Waals surface area contributed by atoms with E-state index < -0.39 is 36.7 Å². The minimum Gasteiger partial charge on any atom is -0.454 e. The van der Waals surface area contributed by atoms with Crippen molar-refractivity contribution in [1.29, 1.82) is 0 Å². The average molecular weight is 206 g/mol. The molecule has 1 unspecified atom stereocenters. The summed E-state index contributed by atoms with van der Waals surface area (Å²) in [4.78, 5) is 10.6. The van der Waals surface area contributed by atoms with Gasteiger partial charge in [-0.05, 0) is 6.92 Å². The molecule has 1 saturated heterocycles. The molecule has 1 aliphatic rings. The molecule has 6 nitrogen and oxygen atoms in total. The summed E-state index contributed by atoms with van der Waals surface area (Å²) in [6.07, 6.45) is -5.86. The summed E-state index contributed by atoms with van der Waals surface area (Å²) in [5.41, 5.74) is 0. The van der Waals surface area contributed by atoms with Gasteiger partial charge in [-0.25, -0.2) is 0 Å². The van der Waals surface area contributed by atoms with E-state index >= 15 is 0 Å². The van der Waals surface area contributed by atoms with Crippen LogP contribution in [0, 0.1) is 0 Å². The Morgan fingerprint density at radius 3 is 2.36 bits per heavy atom. The summed E-state index contributed by atoms with van der Waals surface area (Å²) in [6, 6.07) is 0. The molecule has 0 bridgehead atoms. The molecule has 1 aliphatic heterocycles. The van der Waals surface area contributed by atoms with Crippen LogP contribution >= 0.6 is 0 Å². The topological polar surface area (TPSA) is 96.2 Å². The maximum Gasteiger partial charge on any atom is 0.303 e. The van der Waals surface area contributed by atoms with Crippen molar-refractivity contribution in [2.45, 2.75) is 44.6 Å². The first-order chi connectivity index (χ1) is 6.43. The van der Waals surface area contributed by atoms with E-state index in [0.717, 1.165) is 6.92 Å². The first-order valence-electron chi connectivity index (χ1n) is 4.30. The highest BCUT2D eigenvalue weighted by Crippen LogP contribution is 2.21. The zero-order chi connectivity index (χ0) is 10.9. The Balaban J connectivity index is 2.68. The maximum absolute atomic E-state index is 10.6. The van der Waals surface area contributed by atoms with Crippen LogP contribution in [0.5, 0.6) is 0 Å². The molecule has 0 radical (unpaired) electrons. The third-order valence-corrected chi connectivity index (χ3v) is 2.10. The SMILES string of the molecule is CC(=O)O[C@@H]1C(O)O[C@H](C)[C@H](O)[C@@H]1O. The van der Waals surface area contributed by atoms with Crippen molar-refractivity contribution in [2.24, 2.45) is 0 Å². The first kappa shape index (κ1) is 11.4. The molecule has 82 valence electrons. The number of esters is 1. The average Bonchev–Trinajstić information content (AvgIpc) is 2.09. The lowest BCUT2D eigenvalue weighted by atomic mass is 10.00. The van der Waals surface area contributed by atoms with E-state index in [0.29, 0.717) is 0 Å². The first-order valence-corrected chi connectivity index (χ1v) is 4.30. The monoisotopic (exact) mass is 206 g/mol. The van der Waals surface area contributed by atoms with Gasteiger partial charge in [0.05, 0.1) is 6.10 Å². The van der Waals surface area contributed by atoms with Crippen molar-refractivity contribution in [2.75, 3.05) is 0 Å². The van der Waals surface area contributed by atoms with Gasteiger partial charge in [-0.1, -0.05) is 0 Å². The zero-order valence-corrected chi connectivity index (χ0v) is 7.95. The highest BCUT2D eigenvalue weighted by atomic mass is 16.7. The number of aliphatic hydroxyl groups is 3. The summed E-state index contributed by atoms with van der Waals surface area (Å²) >= 11 is 0. The summed E-state index contributed by atoms with van der Waals surface area (Å²) in [6.45, 7) is 2.64. The Morgan fingerprint density at radius 2 is 1.86 bits per heavy atom. The number of carbonyl (C=O) groups excluding carboxylic acids is 1. The van der Waals surface area contributed by atoms with Gasteiger partial charge in [-0.15, -0.1) is 0 Å². The van der Waals surface area contributed by atoms with E-state index in [2.05, 4.69) is 4.74 Å². The fourth-order valence-corrected chi connectivity index (χ4v) is 1.34. The van der Waals surface area contributed by atoms with Gasteiger partial charge in [0.1, 0.15) is 12.2 Å². The number of hydrogen-bond donors (Lipinski definition) is 3. The molecule has 1 fully saturated rings. The molecule has 0 saturated carbocycles. The van der Waals surface area contributed by atoms with Gasteiger partial charge in [-0.2, -0.15) is 0 Å². The highest BCUT2D eigenvalue weighted by molar-refractivity contribution is 5.66. The molecule has 6 heteroatoms. The summed E-state index contributed by atoms with van der Waals surface area (Å²) in [5.74, 6) is -0.654. The Morgan fingerprint density at radius 1 is 1.29 bits per heavy atom. The van der Waals surface area contributed by atoms with Gasteiger partial charge in [0.2, 0.25) is 0 Å². The third-order valence-electron chi connectivity index (χ3n) is 2.10. The van der Waals surface area contributed by atoms with E-state index in [-0.39, 0.29) is 0 Å². The van der Waals surface area contributed by atoms with Crippen LogP contribution in [0.1, 0.15) is 13.8 Å². The molecule has 0 aromatic carbocycles. The lowest BCUT2D eigenvalue weighted by molar-refractivity contribution is -0.282.